The lowest BCUT2D eigenvalue weighted by atomic mass is 10.2. The lowest BCUT2D eigenvalue weighted by molar-refractivity contribution is -0.143. The number of nitrogens with zero attached hydrogens (tertiary/aromatic N) is 1. The van der Waals surface area contributed by atoms with E-state index in [2.05, 4.69) is 37.1 Å². The molecule has 1 unspecified atom stereocenters. The number of methoxy groups -OCH3 is 1. The minimum Gasteiger partial charge on any atom is -0.468 e. The van der Waals surface area contributed by atoms with E-state index < -0.39 is 0 Å². The van der Waals surface area contributed by atoms with Crippen molar-refractivity contribution in [3.8, 4) is 0 Å². The lowest BCUT2D eigenvalue weighted by Crippen LogP contribution is -2.36. The summed E-state index contributed by atoms with van der Waals surface area (Å²) in [6.45, 7) is 10.2. The summed E-state index contributed by atoms with van der Waals surface area (Å²) >= 11 is 1.68. The third-order valence-electron chi connectivity index (χ3n) is 3.42. The average molecular weight is 298 g/mol. The lowest BCUT2D eigenvalue weighted by Gasteiger charge is -2.20. The molecule has 0 spiro atoms. The van der Waals surface area contributed by atoms with E-state index >= 15 is 0 Å². The first-order valence-corrected chi connectivity index (χ1v) is 8.10. The predicted molar refractivity (Wildman–Crippen MR) is 84.2 cm³/mol. The maximum Gasteiger partial charge on any atom is 0.328 e. The maximum absolute atomic E-state index is 11.9. The fourth-order valence-corrected chi connectivity index (χ4v) is 3.08. The van der Waals surface area contributed by atoms with Crippen molar-refractivity contribution in [1.29, 1.82) is 0 Å². The molecule has 0 aliphatic carbocycles. The Hall–Kier alpha value is -0.910. The van der Waals surface area contributed by atoms with Crippen molar-refractivity contribution in [3.63, 3.8) is 0 Å². The van der Waals surface area contributed by atoms with Crippen molar-refractivity contribution in [2.75, 3.05) is 33.3 Å². The molecule has 114 valence electrons. The van der Waals surface area contributed by atoms with Crippen molar-refractivity contribution in [2.24, 2.45) is 0 Å². The molecule has 20 heavy (non-hydrogen) atoms. The highest BCUT2D eigenvalue weighted by atomic mass is 32.1. The van der Waals surface area contributed by atoms with Gasteiger partial charge in [0.05, 0.1) is 7.11 Å². The second-order valence-electron chi connectivity index (χ2n) is 4.59. The molecular weight excluding hydrogens is 272 g/mol. The first-order chi connectivity index (χ1) is 9.65. The van der Waals surface area contributed by atoms with Crippen LogP contribution < -0.4 is 5.32 Å². The summed E-state index contributed by atoms with van der Waals surface area (Å²) in [7, 11) is 1.44. The van der Waals surface area contributed by atoms with Crippen LogP contribution in [0.3, 0.4) is 0 Å². The monoisotopic (exact) mass is 298 g/mol. The predicted octanol–water partition coefficient (Wildman–Crippen LogP) is 2.46. The minimum atomic E-state index is -0.346. The topological polar surface area (TPSA) is 41.6 Å². The molecule has 0 fully saturated rings. The number of carbonyl (C=O) groups is 1. The van der Waals surface area contributed by atoms with Crippen molar-refractivity contribution in [2.45, 2.75) is 33.2 Å². The van der Waals surface area contributed by atoms with E-state index in [1.165, 1.54) is 12.0 Å². The molecule has 0 aliphatic heterocycles. The number of hydrogen-bond acceptors (Lipinski definition) is 5. The number of hydrogen-bond donors (Lipinski definition) is 1. The summed E-state index contributed by atoms with van der Waals surface area (Å²) < 4.78 is 4.91. The molecule has 1 rings (SSSR count). The zero-order valence-corrected chi connectivity index (χ0v) is 13.8. The molecule has 0 amide bonds. The van der Waals surface area contributed by atoms with Crippen LogP contribution in [0.1, 0.15) is 36.6 Å². The number of thiophene rings is 1. The molecule has 0 bridgehead atoms. The molecule has 1 atom stereocenters. The summed E-state index contributed by atoms with van der Waals surface area (Å²) in [5.41, 5.74) is 0. The van der Waals surface area contributed by atoms with Gasteiger partial charge in [-0.2, -0.15) is 0 Å². The molecule has 1 aromatic heterocycles. The molecule has 1 aromatic rings. The van der Waals surface area contributed by atoms with Crippen molar-refractivity contribution in [1.82, 2.24) is 10.2 Å². The van der Waals surface area contributed by atoms with Crippen LogP contribution in [0.15, 0.2) is 12.1 Å². The summed E-state index contributed by atoms with van der Waals surface area (Å²) in [5.74, 6) is -0.214. The standard InChI is InChI=1S/C15H26N2O2S/c1-5-12-8-9-13(20-12)14(15(18)19-4)16-10-11-17(6-2)7-3/h8-9,14,16H,5-7,10-11H2,1-4H3. The fourth-order valence-electron chi connectivity index (χ4n) is 2.06. The van der Waals surface area contributed by atoms with Crippen LogP contribution in [-0.4, -0.2) is 44.2 Å². The van der Waals surface area contributed by atoms with Crippen LogP contribution in [0.5, 0.6) is 0 Å². The molecule has 1 N–H and O–H groups in total. The van der Waals surface area contributed by atoms with Crippen LogP contribution in [-0.2, 0) is 16.0 Å². The van der Waals surface area contributed by atoms with E-state index in [9.17, 15) is 4.79 Å². The molecule has 0 aliphatic rings. The molecule has 0 saturated carbocycles. The number of ether oxygens (including phenoxy) is 1. The Bertz CT molecular complexity index is 402. The third kappa shape index (κ3) is 4.89. The second-order valence-corrected chi connectivity index (χ2v) is 5.79. The average Bonchev–Trinajstić information content (AvgIpc) is 2.95. The first-order valence-electron chi connectivity index (χ1n) is 7.28. The molecule has 5 heteroatoms. The Morgan fingerprint density at radius 1 is 1.35 bits per heavy atom. The van der Waals surface area contributed by atoms with Gasteiger partial charge in [0.25, 0.3) is 0 Å². The summed E-state index contributed by atoms with van der Waals surface area (Å²) in [6.07, 6.45) is 0.998. The third-order valence-corrected chi connectivity index (χ3v) is 4.72. The van der Waals surface area contributed by atoms with Crippen LogP contribution in [0.25, 0.3) is 0 Å². The van der Waals surface area contributed by atoms with Gasteiger partial charge in [0, 0.05) is 22.8 Å². The van der Waals surface area contributed by atoms with Crippen LogP contribution >= 0.6 is 11.3 Å². The largest absolute Gasteiger partial charge is 0.468 e. The zero-order chi connectivity index (χ0) is 15.0. The van der Waals surface area contributed by atoms with Crippen LogP contribution in [0, 0.1) is 0 Å². The number of aryl methyl sites for hydroxylation is 1. The highest BCUT2D eigenvalue weighted by Crippen LogP contribution is 2.24. The fraction of sp³-hybridized carbons (Fsp3) is 0.667. The minimum absolute atomic E-state index is 0.214. The Morgan fingerprint density at radius 3 is 2.55 bits per heavy atom. The molecule has 0 radical (unpaired) electrons. The Kier molecular flexibility index (Phi) is 7.80. The quantitative estimate of drug-likeness (QED) is 0.711. The van der Waals surface area contributed by atoms with E-state index in [-0.39, 0.29) is 12.0 Å². The van der Waals surface area contributed by atoms with E-state index in [0.29, 0.717) is 0 Å². The zero-order valence-electron chi connectivity index (χ0n) is 12.9. The van der Waals surface area contributed by atoms with E-state index in [0.717, 1.165) is 37.5 Å². The van der Waals surface area contributed by atoms with Crippen molar-refractivity contribution in [3.05, 3.63) is 21.9 Å². The van der Waals surface area contributed by atoms with Crippen LogP contribution in [0.4, 0.5) is 0 Å². The molecule has 4 nitrogen and oxygen atoms in total. The van der Waals surface area contributed by atoms with Gasteiger partial charge in [-0.25, -0.2) is 4.79 Å². The smallest absolute Gasteiger partial charge is 0.328 e. The van der Waals surface area contributed by atoms with E-state index in [4.69, 9.17) is 4.74 Å². The van der Waals surface area contributed by atoms with Crippen LogP contribution in [0.2, 0.25) is 0 Å². The van der Waals surface area contributed by atoms with Crippen molar-refractivity contribution >= 4 is 17.3 Å². The number of rotatable bonds is 9. The van der Waals surface area contributed by atoms with Crippen molar-refractivity contribution < 1.29 is 9.53 Å². The van der Waals surface area contributed by atoms with Gasteiger partial charge in [-0.05, 0) is 31.6 Å². The summed E-state index contributed by atoms with van der Waals surface area (Å²) in [4.78, 5) is 16.6. The Labute approximate surface area is 126 Å². The second kappa shape index (κ2) is 9.10. The maximum atomic E-state index is 11.9. The summed E-state index contributed by atoms with van der Waals surface area (Å²) in [5, 5.41) is 3.32. The number of nitrogens with one attached hydrogen (secondary N) is 1. The Balaban J connectivity index is 2.63. The van der Waals surface area contributed by atoms with Gasteiger partial charge in [0.15, 0.2) is 0 Å². The van der Waals surface area contributed by atoms with Gasteiger partial charge in [0.2, 0.25) is 0 Å². The number of esters is 1. The van der Waals surface area contributed by atoms with Gasteiger partial charge < -0.3 is 9.64 Å². The molecule has 1 heterocycles. The summed E-state index contributed by atoms with van der Waals surface area (Å²) in [6, 6.07) is 3.76. The van der Waals surface area contributed by atoms with E-state index in [1.807, 2.05) is 6.07 Å². The first kappa shape index (κ1) is 17.1. The highest BCUT2D eigenvalue weighted by molar-refractivity contribution is 7.12. The van der Waals surface area contributed by atoms with Gasteiger partial charge in [0.1, 0.15) is 6.04 Å². The molecule has 0 aromatic carbocycles. The normalized spacial score (nSPS) is 12.7. The van der Waals surface area contributed by atoms with E-state index in [1.54, 1.807) is 11.3 Å². The van der Waals surface area contributed by atoms with Gasteiger partial charge in [-0.3, -0.25) is 5.32 Å². The molecular formula is C15H26N2O2S. The van der Waals surface area contributed by atoms with Gasteiger partial charge >= 0.3 is 5.97 Å². The highest BCUT2D eigenvalue weighted by Gasteiger charge is 2.22. The SMILES string of the molecule is CCc1ccc(C(NCCN(CC)CC)C(=O)OC)s1. The van der Waals surface area contributed by atoms with Gasteiger partial charge in [-0.1, -0.05) is 20.8 Å². The number of likely N-dealkylation sites (N-methyl/N-ethyl adjacent to an activating group) is 1. The number of carbonyl (C=O) groups excluding carboxylic acids is 1. The van der Waals surface area contributed by atoms with Gasteiger partial charge in [-0.15, -0.1) is 11.3 Å². The molecule has 0 saturated heterocycles. The Morgan fingerprint density at radius 2 is 2.05 bits per heavy atom.